The normalized spacial score (nSPS) is 17.2. The van der Waals surface area contributed by atoms with Gasteiger partial charge < -0.3 is 9.64 Å². The number of aryl methyl sites for hydroxylation is 1. The number of likely N-dealkylation sites (N-methyl/N-ethyl adjacent to an activating group) is 1. The molecule has 0 unspecified atom stereocenters. The zero-order valence-electron chi connectivity index (χ0n) is 17.9. The van der Waals surface area contributed by atoms with Crippen LogP contribution in [-0.4, -0.2) is 61.4 Å². The number of ether oxygens (including phenoxy) is 1. The van der Waals surface area contributed by atoms with Crippen LogP contribution in [0.4, 0.5) is 0 Å². The van der Waals surface area contributed by atoms with Gasteiger partial charge in [-0.05, 0) is 25.5 Å². The maximum Gasteiger partial charge on any atom is 0.339 e. The second kappa shape index (κ2) is 8.70. The molecule has 0 spiro atoms. The maximum atomic E-state index is 12.9. The lowest BCUT2D eigenvalue weighted by Crippen LogP contribution is -2.40. The summed E-state index contributed by atoms with van der Waals surface area (Å²) in [5.74, 6) is -1.05. The van der Waals surface area contributed by atoms with Crippen molar-refractivity contribution in [1.82, 2.24) is 9.88 Å². The molecule has 8 heteroatoms. The van der Waals surface area contributed by atoms with Gasteiger partial charge in [0.1, 0.15) is 0 Å². The van der Waals surface area contributed by atoms with Crippen molar-refractivity contribution in [1.29, 1.82) is 0 Å². The fourth-order valence-electron chi connectivity index (χ4n) is 3.81. The summed E-state index contributed by atoms with van der Waals surface area (Å²) >= 11 is 0. The van der Waals surface area contributed by atoms with E-state index in [-0.39, 0.29) is 17.5 Å². The molecule has 0 saturated carbocycles. The molecule has 2 aromatic carbocycles. The van der Waals surface area contributed by atoms with Crippen LogP contribution in [0.2, 0.25) is 0 Å². The predicted molar refractivity (Wildman–Crippen MR) is 122 cm³/mol. The number of carbonyl (C=O) groups is 2. The van der Waals surface area contributed by atoms with Gasteiger partial charge in [-0.1, -0.05) is 48.0 Å². The number of benzene rings is 2. The summed E-state index contributed by atoms with van der Waals surface area (Å²) < 4.78 is 28.7. The highest BCUT2D eigenvalue weighted by atomic mass is 32.2. The minimum Gasteiger partial charge on any atom is -0.452 e. The van der Waals surface area contributed by atoms with Crippen LogP contribution in [0.5, 0.6) is 0 Å². The molecule has 1 aliphatic rings. The van der Waals surface area contributed by atoms with E-state index in [1.54, 1.807) is 19.2 Å². The first kappa shape index (κ1) is 22.0. The fraction of sp³-hybridized carbons (Fsp3) is 0.292. The molecule has 1 saturated heterocycles. The van der Waals surface area contributed by atoms with E-state index < -0.39 is 28.3 Å². The van der Waals surface area contributed by atoms with Crippen molar-refractivity contribution < 1.29 is 22.7 Å². The number of hydrogen-bond donors (Lipinski definition) is 0. The molecule has 0 radical (unpaired) electrons. The van der Waals surface area contributed by atoms with Gasteiger partial charge in [0.05, 0.1) is 28.3 Å². The molecule has 1 fully saturated rings. The number of nitrogens with zero attached hydrogens (tertiary/aromatic N) is 2. The first-order chi connectivity index (χ1) is 15.2. The number of hydrogen-bond acceptors (Lipinski definition) is 6. The minimum atomic E-state index is -3.12. The third-order valence-electron chi connectivity index (χ3n) is 5.76. The number of fused-ring (bicyclic) bond motifs is 1. The number of pyridine rings is 1. The summed E-state index contributed by atoms with van der Waals surface area (Å²) in [4.78, 5) is 31.5. The SMILES string of the molecule is Cc1ccc(-c2cc(C(=O)OCC(=O)N(C)[C@H]3CCS(=O)(=O)C3)c3ccccc3n2)cc1. The number of para-hydroxylation sites is 1. The number of rotatable bonds is 5. The summed E-state index contributed by atoms with van der Waals surface area (Å²) in [6, 6.07) is 16.4. The zero-order valence-corrected chi connectivity index (χ0v) is 18.8. The van der Waals surface area contributed by atoms with Crippen LogP contribution in [0.3, 0.4) is 0 Å². The van der Waals surface area contributed by atoms with Crippen LogP contribution < -0.4 is 0 Å². The molecule has 0 bridgehead atoms. The summed E-state index contributed by atoms with van der Waals surface area (Å²) in [5, 5.41) is 0.635. The molecule has 3 aromatic rings. The smallest absolute Gasteiger partial charge is 0.339 e. The van der Waals surface area contributed by atoms with Crippen LogP contribution >= 0.6 is 0 Å². The van der Waals surface area contributed by atoms with Gasteiger partial charge in [0.2, 0.25) is 0 Å². The Kier molecular flexibility index (Phi) is 5.97. The fourth-order valence-corrected chi connectivity index (χ4v) is 5.58. The number of esters is 1. The van der Waals surface area contributed by atoms with E-state index >= 15 is 0 Å². The molecule has 1 amide bonds. The van der Waals surface area contributed by atoms with E-state index in [0.29, 0.717) is 28.6 Å². The van der Waals surface area contributed by atoms with Crippen molar-refractivity contribution in [3.63, 3.8) is 0 Å². The Bertz CT molecular complexity index is 1290. The first-order valence-corrected chi connectivity index (χ1v) is 12.2. The number of sulfone groups is 1. The van der Waals surface area contributed by atoms with Crippen LogP contribution in [0.15, 0.2) is 54.6 Å². The Hall–Kier alpha value is -3.26. The van der Waals surface area contributed by atoms with Gasteiger partial charge in [-0.15, -0.1) is 0 Å². The van der Waals surface area contributed by atoms with Crippen molar-refractivity contribution in [3.05, 3.63) is 65.7 Å². The molecule has 7 nitrogen and oxygen atoms in total. The number of aromatic nitrogens is 1. The number of carbonyl (C=O) groups excluding carboxylic acids is 2. The standard InChI is InChI=1S/C24H24N2O5S/c1-16-7-9-17(10-8-16)22-13-20(19-5-3-4-6-21(19)25-22)24(28)31-14-23(27)26(2)18-11-12-32(29,30)15-18/h3-10,13,18H,11-12,14-15H2,1-2H3/t18-/m0/s1. The largest absolute Gasteiger partial charge is 0.452 e. The monoisotopic (exact) mass is 452 g/mol. The van der Waals surface area contributed by atoms with Crippen molar-refractivity contribution in [2.75, 3.05) is 25.2 Å². The topological polar surface area (TPSA) is 93.6 Å². The van der Waals surface area contributed by atoms with Gasteiger partial charge in [0, 0.05) is 24.0 Å². The van der Waals surface area contributed by atoms with Gasteiger partial charge in [-0.3, -0.25) is 4.79 Å². The summed E-state index contributed by atoms with van der Waals surface area (Å²) in [6.07, 6.45) is 0.396. The molecule has 166 valence electrons. The highest BCUT2D eigenvalue weighted by Crippen LogP contribution is 2.26. The summed E-state index contributed by atoms with van der Waals surface area (Å²) in [6.45, 7) is 1.54. The van der Waals surface area contributed by atoms with Crippen molar-refractivity contribution >= 4 is 32.6 Å². The molecular formula is C24H24N2O5S. The van der Waals surface area contributed by atoms with Crippen molar-refractivity contribution in [3.8, 4) is 11.3 Å². The zero-order chi connectivity index (χ0) is 22.9. The maximum absolute atomic E-state index is 12.9. The Balaban J connectivity index is 1.55. The van der Waals surface area contributed by atoms with E-state index in [9.17, 15) is 18.0 Å². The third-order valence-corrected chi connectivity index (χ3v) is 7.51. The Morgan fingerprint density at radius 1 is 1.12 bits per heavy atom. The molecule has 1 atom stereocenters. The summed E-state index contributed by atoms with van der Waals surface area (Å²) in [5.41, 5.74) is 3.60. The van der Waals surface area contributed by atoms with E-state index in [2.05, 4.69) is 4.98 Å². The minimum absolute atomic E-state index is 0.0575. The Labute approximate surface area is 186 Å². The lowest BCUT2D eigenvalue weighted by Gasteiger charge is -2.23. The number of amides is 1. The van der Waals surface area contributed by atoms with Gasteiger partial charge >= 0.3 is 5.97 Å². The average Bonchev–Trinajstić information content (AvgIpc) is 3.16. The molecule has 1 aromatic heterocycles. The average molecular weight is 453 g/mol. The second-order valence-electron chi connectivity index (χ2n) is 8.08. The highest BCUT2D eigenvalue weighted by Gasteiger charge is 2.33. The van der Waals surface area contributed by atoms with Crippen molar-refractivity contribution in [2.45, 2.75) is 19.4 Å². The Morgan fingerprint density at radius 2 is 1.84 bits per heavy atom. The second-order valence-corrected chi connectivity index (χ2v) is 10.3. The molecule has 32 heavy (non-hydrogen) atoms. The van der Waals surface area contributed by atoms with Crippen LogP contribution in [-0.2, 0) is 19.4 Å². The Morgan fingerprint density at radius 3 is 2.53 bits per heavy atom. The summed E-state index contributed by atoms with van der Waals surface area (Å²) in [7, 11) is -1.57. The van der Waals surface area contributed by atoms with Crippen LogP contribution in [0, 0.1) is 6.92 Å². The lowest BCUT2D eigenvalue weighted by atomic mass is 10.0. The molecule has 0 N–H and O–H groups in total. The molecule has 4 rings (SSSR count). The lowest BCUT2D eigenvalue weighted by molar-refractivity contribution is -0.134. The molecule has 0 aliphatic carbocycles. The van der Waals surface area contributed by atoms with Crippen LogP contribution in [0.25, 0.3) is 22.2 Å². The van der Waals surface area contributed by atoms with E-state index in [4.69, 9.17) is 4.74 Å². The highest BCUT2D eigenvalue weighted by molar-refractivity contribution is 7.91. The third kappa shape index (κ3) is 4.65. The van der Waals surface area contributed by atoms with Gasteiger partial charge in [0.15, 0.2) is 16.4 Å². The van der Waals surface area contributed by atoms with E-state index in [0.717, 1.165) is 11.1 Å². The predicted octanol–water partition coefficient (Wildman–Crippen LogP) is 3.01. The van der Waals surface area contributed by atoms with Gasteiger partial charge in [-0.2, -0.15) is 0 Å². The van der Waals surface area contributed by atoms with Crippen molar-refractivity contribution in [2.24, 2.45) is 0 Å². The van der Waals surface area contributed by atoms with Gasteiger partial charge in [-0.25, -0.2) is 18.2 Å². The first-order valence-electron chi connectivity index (χ1n) is 10.3. The molecule has 2 heterocycles. The van der Waals surface area contributed by atoms with Crippen LogP contribution in [0.1, 0.15) is 22.3 Å². The van der Waals surface area contributed by atoms with Gasteiger partial charge in [0.25, 0.3) is 5.91 Å². The molecule has 1 aliphatic heterocycles. The quantitative estimate of drug-likeness (QED) is 0.553. The molecular weight excluding hydrogens is 428 g/mol. The van der Waals surface area contributed by atoms with E-state index in [1.165, 1.54) is 4.90 Å². The van der Waals surface area contributed by atoms with E-state index in [1.807, 2.05) is 49.4 Å².